The summed E-state index contributed by atoms with van der Waals surface area (Å²) >= 11 is 0. The van der Waals surface area contributed by atoms with Crippen LogP contribution in [0.5, 0.6) is 5.75 Å². The number of anilines is 1. The molecular weight excluding hydrogens is 500 g/mol. The molecule has 1 aliphatic carbocycles. The first-order valence-electron chi connectivity index (χ1n) is 15.4. The molecule has 7 rings (SSSR count). The normalized spacial score (nSPS) is 18.3. The molecule has 4 aromatic carbocycles. The number of hydrogen-bond acceptors (Lipinski definition) is 3. The largest absolute Gasteiger partial charge is 0.489 e. The molecule has 0 amide bonds. The Morgan fingerprint density at radius 2 is 1.39 bits per heavy atom. The molecule has 3 heteroatoms. The molecular formula is C38H40N2O. The SMILES string of the molecule is c1ccc(COc2ccc3c(c2)CCC(c2ccccc2)=C3c2ccc(N3CCC4(CCNCC4)CC3)cc2)cc1. The molecule has 0 unspecified atom stereocenters. The molecule has 2 saturated heterocycles. The van der Waals surface area contributed by atoms with Crippen LogP contribution in [0.15, 0.2) is 103 Å². The predicted octanol–water partition coefficient (Wildman–Crippen LogP) is 8.14. The van der Waals surface area contributed by atoms with Crippen LogP contribution < -0.4 is 15.0 Å². The van der Waals surface area contributed by atoms with E-state index < -0.39 is 0 Å². The summed E-state index contributed by atoms with van der Waals surface area (Å²) in [5, 5.41) is 3.55. The van der Waals surface area contributed by atoms with E-state index in [4.69, 9.17) is 4.74 Å². The second-order valence-corrected chi connectivity index (χ2v) is 12.1. The lowest BCUT2D eigenvalue weighted by atomic mass is 9.71. The lowest BCUT2D eigenvalue weighted by molar-refractivity contribution is 0.155. The van der Waals surface area contributed by atoms with Gasteiger partial charge in [0.05, 0.1) is 0 Å². The maximum atomic E-state index is 6.21. The van der Waals surface area contributed by atoms with Crippen LogP contribution in [-0.2, 0) is 13.0 Å². The van der Waals surface area contributed by atoms with Gasteiger partial charge in [0.1, 0.15) is 12.4 Å². The van der Waals surface area contributed by atoms with Crippen LogP contribution in [0, 0.1) is 5.41 Å². The van der Waals surface area contributed by atoms with Crippen molar-refractivity contribution in [3.8, 4) is 5.75 Å². The van der Waals surface area contributed by atoms with E-state index in [2.05, 4.69) is 107 Å². The van der Waals surface area contributed by atoms with E-state index in [1.165, 1.54) is 96.5 Å². The Balaban J connectivity index is 1.16. The third kappa shape index (κ3) is 5.56. The molecule has 0 aromatic heterocycles. The minimum Gasteiger partial charge on any atom is -0.489 e. The minimum absolute atomic E-state index is 0.576. The molecule has 2 heterocycles. The molecule has 3 nitrogen and oxygen atoms in total. The Bertz CT molecular complexity index is 1490. The van der Waals surface area contributed by atoms with Crippen molar-refractivity contribution >= 4 is 16.8 Å². The summed E-state index contributed by atoms with van der Waals surface area (Å²) in [7, 11) is 0. The summed E-state index contributed by atoms with van der Waals surface area (Å²) in [5.41, 5.74) is 11.3. The molecule has 0 atom stereocenters. The average molecular weight is 541 g/mol. The highest BCUT2D eigenvalue weighted by Gasteiger charge is 2.35. The Kier molecular flexibility index (Phi) is 7.37. The Morgan fingerprint density at radius 1 is 0.683 bits per heavy atom. The molecule has 1 N–H and O–H groups in total. The first-order valence-corrected chi connectivity index (χ1v) is 15.4. The fourth-order valence-corrected chi connectivity index (χ4v) is 7.19. The summed E-state index contributed by atoms with van der Waals surface area (Å²) in [6.45, 7) is 5.32. The topological polar surface area (TPSA) is 24.5 Å². The number of hydrogen-bond donors (Lipinski definition) is 1. The van der Waals surface area contributed by atoms with Gasteiger partial charge in [0.15, 0.2) is 0 Å². The highest BCUT2D eigenvalue weighted by molar-refractivity contribution is 6.01. The minimum atomic E-state index is 0.576. The molecule has 1 spiro atoms. The Hall–Kier alpha value is -3.82. The summed E-state index contributed by atoms with van der Waals surface area (Å²) < 4.78 is 6.21. The van der Waals surface area contributed by atoms with Gasteiger partial charge in [-0.1, -0.05) is 78.9 Å². The fourth-order valence-electron chi connectivity index (χ4n) is 7.19. The summed E-state index contributed by atoms with van der Waals surface area (Å²) in [4.78, 5) is 2.61. The van der Waals surface area contributed by atoms with Crippen molar-refractivity contribution in [2.75, 3.05) is 31.1 Å². The smallest absolute Gasteiger partial charge is 0.120 e. The molecule has 3 aliphatic rings. The summed E-state index contributed by atoms with van der Waals surface area (Å²) in [5.74, 6) is 0.946. The monoisotopic (exact) mass is 540 g/mol. The zero-order valence-electron chi connectivity index (χ0n) is 23.9. The Morgan fingerprint density at radius 3 is 2.12 bits per heavy atom. The van der Waals surface area contributed by atoms with Gasteiger partial charge in [-0.25, -0.2) is 0 Å². The highest BCUT2D eigenvalue weighted by Crippen LogP contribution is 2.43. The lowest BCUT2D eigenvalue weighted by Gasteiger charge is -2.45. The van der Waals surface area contributed by atoms with E-state index in [-0.39, 0.29) is 0 Å². The third-order valence-corrected chi connectivity index (χ3v) is 9.67. The van der Waals surface area contributed by atoms with Gasteiger partial charge in [0.25, 0.3) is 0 Å². The second-order valence-electron chi connectivity index (χ2n) is 12.1. The van der Waals surface area contributed by atoms with Crippen molar-refractivity contribution in [1.82, 2.24) is 5.32 Å². The van der Waals surface area contributed by atoms with Gasteiger partial charge in [0, 0.05) is 18.8 Å². The van der Waals surface area contributed by atoms with E-state index in [0.29, 0.717) is 12.0 Å². The molecule has 41 heavy (non-hydrogen) atoms. The zero-order valence-corrected chi connectivity index (χ0v) is 23.9. The van der Waals surface area contributed by atoms with Crippen LogP contribution in [0.1, 0.15) is 59.9 Å². The highest BCUT2D eigenvalue weighted by atomic mass is 16.5. The number of piperidine rings is 2. The van der Waals surface area contributed by atoms with Crippen molar-refractivity contribution in [3.05, 3.63) is 131 Å². The molecule has 0 radical (unpaired) electrons. The quantitative estimate of drug-likeness (QED) is 0.267. The standard InChI is InChI=1S/C38H40N2O/c1-3-7-29(8-4-1)28-41-34-16-18-36-32(27-34)13-17-35(30-9-5-2-6-10-30)37(36)31-11-14-33(15-12-31)40-25-21-38(22-26-40)19-23-39-24-20-38/h1-12,14-16,18,27,39H,13,17,19-26,28H2. The van der Waals surface area contributed by atoms with Crippen LogP contribution in [0.4, 0.5) is 5.69 Å². The van der Waals surface area contributed by atoms with Crippen LogP contribution in [0.2, 0.25) is 0 Å². The Labute approximate surface area is 244 Å². The average Bonchev–Trinajstić information content (AvgIpc) is 3.05. The number of fused-ring (bicyclic) bond motifs is 1. The number of allylic oxidation sites excluding steroid dienone is 1. The summed E-state index contributed by atoms with van der Waals surface area (Å²) in [6, 6.07) is 37.5. The maximum absolute atomic E-state index is 6.21. The number of aryl methyl sites for hydroxylation is 1. The molecule has 208 valence electrons. The first kappa shape index (κ1) is 26.1. The van der Waals surface area contributed by atoms with Gasteiger partial charge < -0.3 is 15.0 Å². The van der Waals surface area contributed by atoms with Gasteiger partial charge >= 0.3 is 0 Å². The van der Waals surface area contributed by atoms with Crippen molar-refractivity contribution in [3.63, 3.8) is 0 Å². The van der Waals surface area contributed by atoms with E-state index in [0.717, 1.165) is 18.6 Å². The lowest BCUT2D eigenvalue weighted by Crippen LogP contribution is -2.45. The molecule has 2 fully saturated rings. The van der Waals surface area contributed by atoms with E-state index >= 15 is 0 Å². The van der Waals surface area contributed by atoms with E-state index in [1.807, 2.05) is 6.07 Å². The van der Waals surface area contributed by atoms with Gasteiger partial charge in [0.2, 0.25) is 0 Å². The van der Waals surface area contributed by atoms with Gasteiger partial charge in [-0.2, -0.15) is 0 Å². The molecule has 4 aromatic rings. The van der Waals surface area contributed by atoms with Crippen LogP contribution >= 0.6 is 0 Å². The van der Waals surface area contributed by atoms with Gasteiger partial charge in [-0.05, 0) is 120 Å². The molecule has 0 saturated carbocycles. The first-order chi connectivity index (χ1) is 20.3. The second kappa shape index (κ2) is 11.6. The number of nitrogens with zero attached hydrogens (tertiary/aromatic N) is 1. The van der Waals surface area contributed by atoms with Crippen molar-refractivity contribution in [1.29, 1.82) is 0 Å². The third-order valence-electron chi connectivity index (χ3n) is 9.67. The van der Waals surface area contributed by atoms with Crippen LogP contribution in [0.25, 0.3) is 11.1 Å². The van der Waals surface area contributed by atoms with E-state index in [9.17, 15) is 0 Å². The summed E-state index contributed by atoms with van der Waals surface area (Å²) in [6.07, 6.45) is 7.38. The zero-order chi connectivity index (χ0) is 27.5. The van der Waals surface area contributed by atoms with Gasteiger partial charge in [-0.15, -0.1) is 0 Å². The maximum Gasteiger partial charge on any atom is 0.120 e. The van der Waals surface area contributed by atoms with Crippen molar-refractivity contribution < 1.29 is 4.74 Å². The van der Waals surface area contributed by atoms with Crippen LogP contribution in [-0.4, -0.2) is 26.2 Å². The predicted molar refractivity (Wildman–Crippen MR) is 170 cm³/mol. The van der Waals surface area contributed by atoms with Crippen molar-refractivity contribution in [2.24, 2.45) is 5.41 Å². The molecule has 0 bridgehead atoms. The number of benzene rings is 4. The number of rotatable bonds is 6. The van der Waals surface area contributed by atoms with Gasteiger partial charge in [-0.3, -0.25) is 0 Å². The number of ether oxygens (including phenoxy) is 1. The number of nitrogens with one attached hydrogen (secondary N) is 1. The van der Waals surface area contributed by atoms with Crippen LogP contribution in [0.3, 0.4) is 0 Å². The van der Waals surface area contributed by atoms with E-state index in [1.54, 1.807) is 0 Å². The fraction of sp³-hybridized carbons (Fsp3) is 0.316. The molecule has 2 aliphatic heterocycles. The van der Waals surface area contributed by atoms with Crippen molar-refractivity contribution in [2.45, 2.75) is 45.1 Å².